The molecule has 45 heavy (non-hydrogen) atoms. The topological polar surface area (TPSA) is 34.2 Å². The smallest absolute Gasteiger partial charge is 0.307 e. The van der Waals surface area contributed by atoms with Crippen LogP contribution in [0.4, 0.5) is 17.4 Å². The van der Waals surface area contributed by atoms with E-state index in [1.54, 1.807) is 0 Å². The summed E-state index contributed by atoms with van der Waals surface area (Å²) in [6, 6.07) is 57.7. The number of benzene rings is 7. The minimum Gasteiger partial charge on any atom is -0.422 e. The Hall–Kier alpha value is -6.13. The van der Waals surface area contributed by atoms with Gasteiger partial charge in [-0.15, -0.1) is 0 Å². The Morgan fingerprint density at radius 3 is 1.89 bits per heavy atom. The largest absolute Gasteiger partial charge is 0.422 e. The van der Waals surface area contributed by atoms with Crippen molar-refractivity contribution in [1.82, 2.24) is 9.55 Å². The molecule has 0 spiro atoms. The van der Waals surface area contributed by atoms with Crippen molar-refractivity contribution in [1.29, 1.82) is 0 Å². The fourth-order valence-corrected chi connectivity index (χ4v) is 6.57. The van der Waals surface area contributed by atoms with Gasteiger partial charge in [0, 0.05) is 27.4 Å². The van der Waals surface area contributed by atoms with Gasteiger partial charge in [0.15, 0.2) is 5.58 Å². The molecule has 2 aromatic heterocycles. The Morgan fingerprint density at radius 2 is 1.13 bits per heavy atom. The molecule has 0 atom stereocenters. The van der Waals surface area contributed by atoms with Crippen LogP contribution >= 0.6 is 0 Å². The first-order chi connectivity index (χ1) is 22.3. The van der Waals surface area contributed by atoms with Gasteiger partial charge in [0.1, 0.15) is 5.52 Å². The fourth-order valence-electron chi connectivity index (χ4n) is 6.57. The summed E-state index contributed by atoms with van der Waals surface area (Å²) in [5.41, 5.74) is 9.24. The number of rotatable bonds is 5. The highest BCUT2D eigenvalue weighted by atomic mass is 16.4. The molecule has 4 heteroatoms. The Labute approximate surface area is 260 Å². The predicted molar refractivity (Wildman–Crippen MR) is 186 cm³/mol. The van der Waals surface area contributed by atoms with Gasteiger partial charge in [-0.1, -0.05) is 115 Å². The van der Waals surface area contributed by atoms with Gasteiger partial charge in [0.25, 0.3) is 0 Å². The normalized spacial score (nSPS) is 11.6. The zero-order valence-electron chi connectivity index (χ0n) is 24.3. The highest BCUT2D eigenvalue weighted by Crippen LogP contribution is 2.42. The lowest BCUT2D eigenvalue weighted by atomic mass is 10.0. The molecular weight excluding hydrogens is 550 g/mol. The summed E-state index contributed by atoms with van der Waals surface area (Å²) in [6.45, 7) is 0. The van der Waals surface area contributed by atoms with E-state index in [0.29, 0.717) is 6.01 Å². The average Bonchev–Trinajstić information content (AvgIpc) is 3.69. The molecule has 0 unspecified atom stereocenters. The van der Waals surface area contributed by atoms with Crippen molar-refractivity contribution in [3.63, 3.8) is 0 Å². The third-order valence-electron chi connectivity index (χ3n) is 8.64. The number of hydrogen-bond donors (Lipinski definition) is 0. The van der Waals surface area contributed by atoms with Gasteiger partial charge in [-0.3, -0.25) is 4.90 Å². The van der Waals surface area contributed by atoms with E-state index in [0.717, 1.165) is 50.1 Å². The molecule has 7 aromatic carbocycles. The third kappa shape index (κ3) is 4.11. The minimum atomic E-state index is 0.523. The Balaban J connectivity index is 1.25. The van der Waals surface area contributed by atoms with E-state index < -0.39 is 0 Å². The molecule has 0 amide bonds. The summed E-state index contributed by atoms with van der Waals surface area (Å²) < 4.78 is 9.01. The summed E-state index contributed by atoms with van der Waals surface area (Å²) in [4.78, 5) is 7.19. The third-order valence-corrected chi connectivity index (χ3v) is 8.64. The zero-order chi connectivity index (χ0) is 29.7. The van der Waals surface area contributed by atoms with Gasteiger partial charge < -0.3 is 8.98 Å². The van der Waals surface area contributed by atoms with Crippen LogP contribution < -0.4 is 4.90 Å². The van der Waals surface area contributed by atoms with E-state index in [9.17, 15) is 0 Å². The van der Waals surface area contributed by atoms with E-state index in [-0.39, 0.29) is 0 Å². The van der Waals surface area contributed by atoms with Crippen molar-refractivity contribution in [3.8, 4) is 16.8 Å². The molecule has 0 saturated carbocycles. The maximum absolute atomic E-state index is 6.67. The standard InChI is InChI=1S/C41H27N3O/c1-2-12-28(13-3-1)32-15-6-9-19-37(32)44(41-42-36-27-22-29-14-4-5-16-33(29)40(36)45-41)31-25-23-30(24-26-31)43-38-20-10-7-17-34(38)35-18-8-11-21-39(35)43/h1-27H. The first kappa shape index (κ1) is 25.4. The quantitative estimate of drug-likeness (QED) is 0.204. The fraction of sp³-hybridized carbons (Fsp3) is 0. The molecule has 0 radical (unpaired) electrons. The predicted octanol–water partition coefficient (Wildman–Crippen LogP) is 11.2. The van der Waals surface area contributed by atoms with Crippen LogP contribution in [0.25, 0.3) is 60.5 Å². The Morgan fingerprint density at radius 1 is 0.511 bits per heavy atom. The number of aromatic nitrogens is 2. The lowest BCUT2D eigenvalue weighted by molar-refractivity contribution is 0.611. The second-order valence-electron chi connectivity index (χ2n) is 11.2. The molecule has 0 aliphatic carbocycles. The summed E-state index contributed by atoms with van der Waals surface area (Å²) >= 11 is 0. The number of anilines is 3. The molecule has 9 rings (SSSR count). The maximum atomic E-state index is 6.67. The lowest BCUT2D eigenvalue weighted by Crippen LogP contribution is -2.11. The zero-order valence-corrected chi connectivity index (χ0v) is 24.3. The van der Waals surface area contributed by atoms with Gasteiger partial charge in [-0.2, -0.15) is 4.98 Å². The summed E-state index contributed by atoms with van der Waals surface area (Å²) in [6.07, 6.45) is 0. The Kier molecular flexibility index (Phi) is 5.78. The van der Waals surface area contributed by atoms with Crippen molar-refractivity contribution in [2.75, 3.05) is 4.90 Å². The second kappa shape index (κ2) is 10.2. The number of para-hydroxylation sites is 3. The molecule has 0 aliphatic heterocycles. The number of hydrogen-bond acceptors (Lipinski definition) is 3. The number of oxazole rings is 1. The summed E-state index contributed by atoms with van der Waals surface area (Å²) in [5, 5.41) is 4.66. The maximum Gasteiger partial charge on any atom is 0.307 e. The second-order valence-corrected chi connectivity index (χ2v) is 11.2. The van der Waals surface area contributed by atoms with E-state index in [4.69, 9.17) is 9.40 Å². The van der Waals surface area contributed by atoms with Crippen molar-refractivity contribution < 1.29 is 4.42 Å². The molecule has 0 fully saturated rings. The molecule has 0 N–H and O–H groups in total. The molecule has 9 aromatic rings. The molecule has 0 saturated heterocycles. The van der Waals surface area contributed by atoms with Crippen LogP contribution in [0.3, 0.4) is 0 Å². The van der Waals surface area contributed by atoms with Gasteiger partial charge >= 0.3 is 6.01 Å². The van der Waals surface area contributed by atoms with Crippen molar-refractivity contribution in [2.45, 2.75) is 0 Å². The molecular formula is C41H27N3O. The SMILES string of the molecule is c1ccc(-c2ccccc2N(c2ccc(-n3c4ccccc4c4ccccc43)cc2)c2nc3ccc4ccccc4c3o2)cc1. The number of nitrogens with zero attached hydrogens (tertiary/aromatic N) is 3. The van der Waals surface area contributed by atoms with Crippen LogP contribution in [0.15, 0.2) is 168 Å². The first-order valence-electron chi connectivity index (χ1n) is 15.1. The van der Waals surface area contributed by atoms with Crippen molar-refractivity contribution >= 4 is 61.1 Å². The molecule has 4 nitrogen and oxygen atoms in total. The minimum absolute atomic E-state index is 0.523. The summed E-state index contributed by atoms with van der Waals surface area (Å²) in [5.74, 6) is 0. The van der Waals surface area contributed by atoms with E-state index in [2.05, 4.69) is 149 Å². The van der Waals surface area contributed by atoms with E-state index in [1.807, 2.05) is 24.3 Å². The number of fused-ring (bicyclic) bond motifs is 6. The average molecular weight is 578 g/mol. The van der Waals surface area contributed by atoms with Crippen LogP contribution in [0.1, 0.15) is 0 Å². The van der Waals surface area contributed by atoms with Gasteiger partial charge in [0.2, 0.25) is 0 Å². The van der Waals surface area contributed by atoms with Crippen molar-refractivity contribution in [2.24, 2.45) is 0 Å². The molecule has 0 aliphatic rings. The van der Waals surface area contributed by atoms with Crippen LogP contribution in [0.5, 0.6) is 0 Å². The molecule has 0 bridgehead atoms. The van der Waals surface area contributed by atoms with Gasteiger partial charge in [-0.05, 0) is 59.5 Å². The molecule has 212 valence electrons. The van der Waals surface area contributed by atoms with Crippen LogP contribution in [0.2, 0.25) is 0 Å². The van der Waals surface area contributed by atoms with Crippen LogP contribution in [-0.4, -0.2) is 9.55 Å². The highest BCUT2D eigenvalue weighted by Gasteiger charge is 2.23. The van der Waals surface area contributed by atoms with Crippen LogP contribution in [-0.2, 0) is 0 Å². The van der Waals surface area contributed by atoms with Crippen LogP contribution in [0, 0.1) is 0 Å². The lowest BCUT2D eigenvalue weighted by Gasteiger charge is -2.24. The molecule has 2 heterocycles. The van der Waals surface area contributed by atoms with Crippen molar-refractivity contribution in [3.05, 3.63) is 164 Å². The Bertz CT molecular complexity index is 2440. The monoisotopic (exact) mass is 577 g/mol. The van der Waals surface area contributed by atoms with E-state index in [1.165, 1.54) is 21.8 Å². The first-order valence-corrected chi connectivity index (χ1v) is 15.1. The van der Waals surface area contributed by atoms with Gasteiger partial charge in [0.05, 0.1) is 22.4 Å². The highest BCUT2D eigenvalue weighted by molar-refractivity contribution is 6.09. The van der Waals surface area contributed by atoms with Gasteiger partial charge in [-0.25, -0.2) is 0 Å². The summed E-state index contributed by atoms with van der Waals surface area (Å²) in [7, 11) is 0. The van der Waals surface area contributed by atoms with E-state index >= 15 is 0 Å².